The third kappa shape index (κ3) is 59.0. The van der Waals surface area contributed by atoms with Crippen molar-refractivity contribution < 1.29 is 28.6 Å². The zero-order valence-corrected chi connectivity index (χ0v) is 48.3. The fraction of sp³-hybridized carbons (Fsp3) is 0.691. The minimum Gasteiger partial charge on any atom is -0.462 e. The molecular weight excluding hydrogens is 913 g/mol. The first kappa shape index (κ1) is 70.1. The minimum atomic E-state index is -0.787. The molecule has 0 rings (SSSR count). The number of carbonyl (C=O) groups is 3. The van der Waals surface area contributed by atoms with Gasteiger partial charge in [0.05, 0.1) is 0 Å². The van der Waals surface area contributed by atoms with E-state index in [4.69, 9.17) is 14.2 Å². The summed E-state index contributed by atoms with van der Waals surface area (Å²) in [6, 6.07) is 0. The molecule has 422 valence electrons. The molecule has 6 nitrogen and oxygen atoms in total. The quantitative estimate of drug-likeness (QED) is 0.0261. The molecular formula is C68H114O6. The maximum Gasteiger partial charge on any atom is 0.306 e. The lowest BCUT2D eigenvalue weighted by atomic mass is 10.0. The first-order chi connectivity index (χ1) is 36.5. The summed E-state index contributed by atoms with van der Waals surface area (Å²) < 4.78 is 16.8. The third-order valence-electron chi connectivity index (χ3n) is 13.0. The van der Waals surface area contributed by atoms with Gasteiger partial charge in [0, 0.05) is 19.3 Å². The number of hydrogen-bond acceptors (Lipinski definition) is 6. The average molecular weight is 1030 g/mol. The van der Waals surface area contributed by atoms with Crippen LogP contribution in [0.25, 0.3) is 0 Å². The van der Waals surface area contributed by atoms with Gasteiger partial charge in [0.2, 0.25) is 0 Å². The van der Waals surface area contributed by atoms with Crippen LogP contribution in [0, 0.1) is 0 Å². The van der Waals surface area contributed by atoms with Crippen molar-refractivity contribution in [2.75, 3.05) is 13.2 Å². The van der Waals surface area contributed by atoms with Crippen molar-refractivity contribution >= 4 is 17.9 Å². The molecule has 0 saturated heterocycles. The zero-order chi connectivity index (χ0) is 53.6. The average Bonchev–Trinajstić information content (AvgIpc) is 3.40. The zero-order valence-electron chi connectivity index (χ0n) is 48.3. The Morgan fingerprint density at radius 3 is 0.851 bits per heavy atom. The Morgan fingerprint density at radius 2 is 0.527 bits per heavy atom. The lowest BCUT2D eigenvalue weighted by molar-refractivity contribution is -0.167. The van der Waals surface area contributed by atoms with Crippen LogP contribution in [-0.4, -0.2) is 37.2 Å². The van der Waals surface area contributed by atoms with Crippen LogP contribution in [-0.2, 0) is 28.6 Å². The van der Waals surface area contributed by atoms with Crippen LogP contribution < -0.4 is 0 Å². The standard InChI is InChI=1S/C68H114O6/c1-4-7-10-13-16-19-22-25-26-27-28-29-30-31-32-33-34-35-36-37-38-39-40-41-42-44-46-49-52-55-58-61-67(70)73-64-65(63-72-66(69)60-57-54-51-48-45-24-21-18-15-12-9-6-3)74-68(71)62-59-56-53-50-47-43-23-20-17-14-11-8-5-2/h7,10,16,19-20,23,25-26,28-29,31-32,34-35,37-38,40-41,65H,4-6,8-9,11-15,17-18,21-22,24,27,30,33,36,39,42-64H2,1-3H3/b10-7-,19-16-,23-20-,26-25-,29-28-,32-31-,35-34-,38-37-,41-40-. The maximum absolute atomic E-state index is 12.8. The minimum absolute atomic E-state index is 0.0841. The third-order valence-corrected chi connectivity index (χ3v) is 13.0. The summed E-state index contributed by atoms with van der Waals surface area (Å²) in [6.45, 7) is 6.50. The maximum atomic E-state index is 12.8. The molecule has 0 aromatic heterocycles. The summed E-state index contributed by atoms with van der Waals surface area (Å²) in [5.74, 6) is -0.904. The smallest absolute Gasteiger partial charge is 0.306 e. The topological polar surface area (TPSA) is 78.9 Å². The van der Waals surface area contributed by atoms with E-state index in [1.54, 1.807) is 0 Å². The van der Waals surface area contributed by atoms with Crippen molar-refractivity contribution in [3.8, 4) is 0 Å². The van der Waals surface area contributed by atoms with Crippen molar-refractivity contribution in [1.29, 1.82) is 0 Å². The van der Waals surface area contributed by atoms with Gasteiger partial charge in [-0.1, -0.05) is 265 Å². The molecule has 0 amide bonds. The Balaban J connectivity index is 4.27. The second-order valence-electron chi connectivity index (χ2n) is 20.2. The van der Waals surface area contributed by atoms with Gasteiger partial charge < -0.3 is 14.2 Å². The summed E-state index contributed by atoms with van der Waals surface area (Å²) in [7, 11) is 0. The normalized spacial score (nSPS) is 12.9. The highest BCUT2D eigenvalue weighted by molar-refractivity contribution is 5.71. The molecule has 0 heterocycles. The fourth-order valence-corrected chi connectivity index (χ4v) is 8.39. The van der Waals surface area contributed by atoms with Gasteiger partial charge in [-0.2, -0.15) is 0 Å². The van der Waals surface area contributed by atoms with E-state index in [1.165, 1.54) is 109 Å². The van der Waals surface area contributed by atoms with Crippen LogP contribution in [0.5, 0.6) is 0 Å². The van der Waals surface area contributed by atoms with Crippen LogP contribution in [0.3, 0.4) is 0 Å². The van der Waals surface area contributed by atoms with Gasteiger partial charge in [-0.3, -0.25) is 14.4 Å². The fourth-order valence-electron chi connectivity index (χ4n) is 8.39. The number of allylic oxidation sites excluding steroid dienone is 18. The highest BCUT2D eigenvalue weighted by Gasteiger charge is 2.19. The molecule has 0 saturated carbocycles. The Bertz CT molecular complexity index is 1510. The molecule has 0 N–H and O–H groups in total. The molecule has 6 heteroatoms. The molecule has 0 bridgehead atoms. The molecule has 0 aliphatic carbocycles. The van der Waals surface area contributed by atoms with Gasteiger partial charge in [-0.25, -0.2) is 0 Å². The van der Waals surface area contributed by atoms with E-state index < -0.39 is 6.10 Å². The van der Waals surface area contributed by atoms with Crippen molar-refractivity contribution in [1.82, 2.24) is 0 Å². The molecule has 0 aromatic carbocycles. The second-order valence-corrected chi connectivity index (χ2v) is 20.2. The highest BCUT2D eigenvalue weighted by Crippen LogP contribution is 2.15. The predicted molar refractivity (Wildman–Crippen MR) is 320 cm³/mol. The van der Waals surface area contributed by atoms with E-state index in [9.17, 15) is 14.4 Å². The summed E-state index contributed by atoms with van der Waals surface area (Å²) in [6.07, 6.45) is 83.7. The summed E-state index contributed by atoms with van der Waals surface area (Å²) in [5.41, 5.74) is 0. The highest BCUT2D eigenvalue weighted by atomic mass is 16.6. The molecule has 0 spiro atoms. The van der Waals surface area contributed by atoms with E-state index in [-0.39, 0.29) is 31.1 Å². The number of hydrogen-bond donors (Lipinski definition) is 0. The van der Waals surface area contributed by atoms with Gasteiger partial charge in [-0.05, 0) is 109 Å². The number of carbonyl (C=O) groups excluding carboxylic acids is 3. The van der Waals surface area contributed by atoms with Crippen molar-refractivity contribution in [2.45, 2.75) is 290 Å². The molecule has 1 atom stereocenters. The van der Waals surface area contributed by atoms with Gasteiger partial charge in [0.15, 0.2) is 6.10 Å². The summed E-state index contributed by atoms with van der Waals surface area (Å²) in [5, 5.41) is 0. The molecule has 74 heavy (non-hydrogen) atoms. The largest absolute Gasteiger partial charge is 0.462 e. The van der Waals surface area contributed by atoms with Crippen LogP contribution in [0.4, 0.5) is 0 Å². The Labute approximate surface area is 457 Å². The van der Waals surface area contributed by atoms with Crippen molar-refractivity contribution in [2.24, 2.45) is 0 Å². The van der Waals surface area contributed by atoms with Crippen LogP contribution in [0.1, 0.15) is 284 Å². The van der Waals surface area contributed by atoms with Gasteiger partial charge >= 0.3 is 17.9 Å². The molecule has 1 unspecified atom stereocenters. The molecule has 0 fully saturated rings. The lowest BCUT2D eigenvalue weighted by Gasteiger charge is -2.18. The molecule has 0 aliphatic rings. The molecule has 0 aromatic rings. The lowest BCUT2D eigenvalue weighted by Crippen LogP contribution is -2.30. The van der Waals surface area contributed by atoms with E-state index in [1.807, 2.05) is 0 Å². The number of esters is 3. The monoisotopic (exact) mass is 1030 g/mol. The second kappa shape index (κ2) is 61.6. The first-order valence-corrected chi connectivity index (χ1v) is 30.9. The Hall–Kier alpha value is -3.93. The van der Waals surface area contributed by atoms with Crippen molar-refractivity contribution in [3.05, 3.63) is 109 Å². The van der Waals surface area contributed by atoms with E-state index in [2.05, 4.69) is 130 Å². The van der Waals surface area contributed by atoms with Crippen LogP contribution in [0.2, 0.25) is 0 Å². The van der Waals surface area contributed by atoms with E-state index in [0.717, 1.165) is 135 Å². The van der Waals surface area contributed by atoms with Crippen LogP contribution in [0.15, 0.2) is 109 Å². The Kier molecular flexibility index (Phi) is 58.3. The van der Waals surface area contributed by atoms with Gasteiger partial charge in [-0.15, -0.1) is 0 Å². The number of ether oxygens (including phenoxy) is 3. The predicted octanol–water partition coefficient (Wildman–Crippen LogP) is 21.0. The first-order valence-electron chi connectivity index (χ1n) is 30.9. The van der Waals surface area contributed by atoms with E-state index in [0.29, 0.717) is 19.3 Å². The number of rotatable bonds is 55. The van der Waals surface area contributed by atoms with Crippen LogP contribution >= 0.6 is 0 Å². The number of unbranched alkanes of at least 4 members (excludes halogenated alkanes) is 26. The van der Waals surface area contributed by atoms with Gasteiger partial charge in [0.25, 0.3) is 0 Å². The van der Waals surface area contributed by atoms with Crippen molar-refractivity contribution in [3.63, 3.8) is 0 Å². The Morgan fingerprint density at radius 1 is 0.284 bits per heavy atom. The SMILES string of the molecule is CC/C=C\C/C=C\C/C=C\C/C=C\C/C=C\C/C=C\C/C=C\C/C=C\CCCCCCCCC(=O)OCC(COC(=O)CCCCCCCCCCCCCC)OC(=O)CCCCCCC/C=C\CCCCCC. The summed E-state index contributed by atoms with van der Waals surface area (Å²) >= 11 is 0. The molecule has 0 aliphatic heterocycles. The summed E-state index contributed by atoms with van der Waals surface area (Å²) in [4.78, 5) is 38.1. The van der Waals surface area contributed by atoms with Gasteiger partial charge in [0.1, 0.15) is 13.2 Å². The van der Waals surface area contributed by atoms with E-state index >= 15 is 0 Å². The molecule has 0 radical (unpaired) electrons.